The maximum Gasteiger partial charge on any atom is 0.115 e. The molecule has 0 heterocycles. The van der Waals surface area contributed by atoms with Crippen molar-refractivity contribution in [1.82, 2.24) is 5.32 Å². The molecule has 0 spiro atoms. The van der Waals surface area contributed by atoms with E-state index in [1.165, 1.54) is 0 Å². The molecular formula is C10H16BrNO. The normalized spacial score (nSPS) is 11.8. The van der Waals surface area contributed by atoms with Gasteiger partial charge in [0.25, 0.3) is 0 Å². The van der Waals surface area contributed by atoms with E-state index in [1.807, 2.05) is 19.2 Å². The van der Waals surface area contributed by atoms with Crippen LogP contribution in [0, 0.1) is 0 Å². The highest BCUT2D eigenvalue weighted by molar-refractivity contribution is 8.93. The summed E-state index contributed by atoms with van der Waals surface area (Å²) in [4.78, 5) is 0. The van der Waals surface area contributed by atoms with Crippen molar-refractivity contribution in [2.45, 2.75) is 19.4 Å². The molecule has 0 aromatic heterocycles. The summed E-state index contributed by atoms with van der Waals surface area (Å²) >= 11 is 0. The van der Waals surface area contributed by atoms with Crippen molar-refractivity contribution in [2.75, 3.05) is 7.05 Å². The molecule has 0 amide bonds. The van der Waals surface area contributed by atoms with Crippen LogP contribution in [-0.2, 0) is 6.42 Å². The van der Waals surface area contributed by atoms with Crippen molar-refractivity contribution >= 4 is 17.0 Å². The summed E-state index contributed by atoms with van der Waals surface area (Å²) in [5.74, 6) is 0.343. The Balaban J connectivity index is 0.00000144. The van der Waals surface area contributed by atoms with Gasteiger partial charge >= 0.3 is 0 Å². The Morgan fingerprint density at radius 1 is 1.46 bits per heavy atom. The Morgan fingerprint density at radius 3 is 2.69 bits per heavy atom. The number of benzene rings is 1. The smallest absolute Gasteiger partial charge is 0.115 e. The molecule has 0 aliphatic carbocycles. The predicted molar refractivity (Wildman–Crippen MR) is 60.7 cm³/mol. The van der Waals surface area contributed by atoms with Crippen LogP contribution in [-0.4, -0.2) is 18.2 Å². The molecule has 13 heavy (non-hydrogen) atoms. The standard InChI is InChI=1S/C10H15NO.BrH/c1-8(11-2)6-9-4-3-5-10(12)7-9;/h3-5,7-8,11-12H,6H2,1-2H3;1H/t8-;/m0./s1. The quantitative estimate of drug-likeness (QED) is 0.856. The number of aromatic hydroxyl groups is 1. The average Bonchev–Trinajstić information content (AvgIpc) is 2.04. The van der Waals surface area contributed by atoms with E-state index in [4.69, 9.17) is 0 Å². The van der Waals surface area contributed by atoms with Crippen molar-refractivity contribution in [1.29, 1.82) is 0 Å². The van der Waals surface area contributed by atoms with Gasteiger partial charge in [0.2, 0.25) is 0 Å². The van der Waals surface area contributed by atoms with E-state index in [2.05, 4.69) is 12.2 Å². The number of rotatable bonds is 3. The van der Waals surface area contributed by atoms with E-state index in [9.17, 15) is 5.11 Å². The van der Waals surface area contributed by atoms with Crippen LogP contribution in [0.25, 0.3) is 0 Å². The van der Waals surface area contributed by atoms with Gasteiger partial charge in [-0.2, -0.15) is 0 Å². The second kappa shape index (κ2) is 6.00. The van der Waals surface area contributed by atoms with Gasteiger partial charge in [-0.15, -0.1) is 17.0 Å². The highest BCUT2D eigenvalue weighted by Crippen LogP contribution is 2.12. The first-order chi connectivity index (χ1) is 5.72. The molecule has 2 N–H and O–H groups in total. The molecule has 1 rings (SSSR count). The Hall–Kier alpha value is -0.540. The van der Waals surface area contributed by atoms with Gasteiger partial charge in [0.1, 0.15) is 5.75 Å². The fourth-order valence-corrected chi connectivity index (χ4v) is 1.14. The molecule has 0 aliphatic heterocycles. The third kappa shape index (κ3) is 4.29. The third-order valence-corrected chi connectivity index (χ3v) is 1.95. The zero-order valence-corrected chi connectivity index (χ0v) is 9.66. The van der Waals surface area contributed by atoms with Crippen LogP contribution in [0.5, 0.6) is 5.75 Å². The average molecular weight is 246 g/mol. The van der Waals surface area contributed by atoms with Gasteiger partial charge < -0.3 is 10.4 Å². The summed E-state index contributed by atoms with van der Waals surface area (Å²) in [6.45, 7) is 2.12. The molecule has 2 nitrogen and oxygen atoms in total. The van der Waals surface area contributed by atoms with Crippen molar-refractivity contribution in [3.63, 3.8) is 0 Å². The number of likely N-dealkylation sites (N-methyl/N-ethyl adjacent to an activating group) is 1. The summed E-state index contributed by atoms with van der Waals surface area (Å²) in [7, 11) is 1.94. The lowest BCUT2D eigenvalue weighted by atomic mass is 10.1. The second-order valence-corrected chi connectivity index (χ2v) is 3.06. The van der Waals surface area contributed by atoms with Crippen LogP contribution in [0.4, 0.5) is 0 Å². The summed E-state index contributed by atoms with van der Waals surface area (Å²) in [5, 5.41) is 12.3. The minimum atomic E-state index is 0. The molecule has 0 saturated carbocycles. The molecule has 1 aromatic carbocycles. The van der Waals surface area contributed by atoms with Gasteiger partial charge in [-0.1, -0.05) is 12.1 Å². The first-order valence-corrected chi connectivity index (χ1v) is 4.17. The number of halogens is 1. The fraction of sp³-hybridized carbons (Fsp3) is 0.400. The number of nitrogens with one attached hydrogen (secondary N) is 1. The monoisotopic (exact) mass is 245 g/mol. The lowest BCUT2D eigenvalue weighted by molar-refractivity contribution is 0.474. The summed E-state index contributed by atoms with van der Waals surface area (Å²) < 4.78 is 0. The van der Waals surface area contributed by atoms with Crippen LogP contribution < -0.4 is 5.32 Å². The molecular weight excluding hydrogens is 230 g/mol. The summed E-state index contributed by atoms with van der Waals surface area (Å²) in [6, 6.07) is 7.83. The summed E-state index contributed by atoms with van der Waals surface area (Å²) in [5.41, 5.74) is 1.16. The first kappa shape index (κ1) is 12.5. The van der Waals surface area contributed by atoms with Gasteiger partial charge in [-0.25, -0.2) is 0 Å². The summed E-state index contributed by atoms with van der Waals surface area (Å²) in [6.07, 6.45) is 0.949. The maximum absolute atomic E-state index is 9.18. The van der Waals surface area contributed by atoms with E-state index in [0.717, 1.165) is 12.0 Å². The lowest BCUT2D eigenvalue weighted by Gasteiger charge is -2.09. The zero-order chi connectivity index (χ0) is 8.97. The molecule has 0 saturated heterocycles. The molecule has 0 radical (unpaired) electrons. The molecule has 74 valence electrons. The van der Waals surface area contributed by atoms with E-state index >= 15 is 0 Å². The molecule has 3 heteroatoms. The van der Waals surface area contributed by atoms with E-state index in [-0.39, 0.29) is 17.0 Å². The van der Waals surface area contributed by atoms with Gasteiger partial charge in [0.05, 0.1) is 0 Å². The molecule has 1 atom stereocenters. The second-order valence-electron chi connectivity index (χ2n) is 3.06. The topological polar surface area (TPSA) is 32.3 Å². The van der Waals surface area contributed by atoms with Crippen LogP contribution in [0.3, 0.4) is 0 Å². The van der Waals surface area contributed by atoms with Gasteiger partial charge in [0.15, 0.2) is 0 Å². The van der Waals surface area contributed by atoms with Crippen molar-refractivity contribution < 1.29 is 5.11 Å². The predicted octanol–water partition coefficient (Wildman–Crippen LogP) is 2.12. The minimum absolute atomic E-state index is 0. The molecule has 0 bridgehead atoms. The number of phenolic OH excluding ortho intramolecular Hbond substituents is 1. The van der Waals surface area contributed by atoms with Crippen LogP contribution in [0.15, 0.2) is 24.3 Å². The minimum Gasteiger partial charge on any atom is -0.508 e. The van der Waals surface area contributed by atoms with E-state index in [0.29, 0.717) is 11.8 Å². The maximum atomic E-state index is 9.18. The Morgan fingerprint density at radius 2 is 2.15 bits per heavy atom. The van der Waals surface area contributed by atoms with Crippen LogP contribution in [0.2, 0.25) is 0 Å². The SMILES string of the molecule is Br.CN[C@@H](C)Cc1cccc(O)c1. The highest BCUT2D eigenvalue weighted by Gasteiger charge is 2.00. The zero-order valence-electron chi connectivity index (χ0n) is 7.95. The molecule has 0 unspecified atom stereocenters. The highest BCUT2D eigenvalue weighted by atomic mass is 79.9. The number of hydrogen-bond donors (Lipinski definition) is 2. The number of phenols is 1. The van der Waals surface area contributed by atoms with Gasteiger partial charge in [-0.3, -0.25) is 0 Å². The Labute approximate surface area is 89.7 Å². The Bertz CT molecular complexity index is 252. The molecule has 0 aliphatic rings. The molecule has 1 aromatic rings. The lowest BCUT2D eigenvalue weighted by Crippen LogP contribution is -2.23. The largest absolute Gasteiger partial charge is 0.508 e. The van der Waals surface area contributed by atoms with Crippen LogP contribution in [0.1, 0.15) is 12.5 Å². The van der Waals surface area contributed by atoms with E-state index in [1.54, 1.807) is 12.1 Å². The fourth-order valence-electron chi connectivity index (χ4n) is 1.14. The molecule has 0 fully saturated rings. The van der Waals surface area contributed by atoms with Crippen LogP contribution >= 0.6 is 17.0 Å². The van der Waals surface area contributed by atoms with Crippen molar-refractivity contribution in [3.8, 4) is 5.75 Å². The third-order valence-electron chi connectivity index (χ3n) is 1.95. The number of hydrogen-bond acceptors (Lipinski definition) is 2. The van der Waals surface area contributed by atoms with E-state index < -0.39 is 0 Å². The Kier molecular flexibility index (Phi) is 5.75. The van der Waals surface area contributed by atoms with Gasteiger partial charge in [-0.05, 0) is 38.1 Å². The van der Waals surface area contributed by atoms with Crippen molar-refractivity contribution in [2.24, 2.45) is 0 Å². The van der Waals surface area contributed by atoms with Crippen molar-refractivity contribution in [3.05, 3.63) is 29.8 Å². The van der Waals surface area contributed by atoms with Gasteiger partial charge in [0, 0.05) is 6.04 Å². The first-order valence-electron chi connectivity index (χ1n) is 4.17.